The van der Waals surface area contributed by atoms with Crippen LogP contribution in [0.5, 0.6) is 0 Å². The van der Waals surface area contributed by atoms with Crippen molar-refractivity contribution in [3.8, 4) is 5.00 Å². The number of carbonyl (C=O) groups excluding carboxylic acids is 2. The van der Waals surface area contributed by atoms with Crippen molar-refractivity contribution < 1.29 is 14.3 Å². The Kier molecular flexibility index (Phi) is 6.74. The molecule has 184 valence electrons. The zero-order valence-electron chi connectivity index (χ0n) is 20.5. The van der Waals surface area contributed by atoms with E-state index < -0.39 is 5.54 Å². The first-order valence-corrected chi connectivity index (χ1v) is 13.9. The highest BCUT2D eigenvalue weighted by molar-refractivity contribution is 7.15. The van der Waals surface area contributed by atoms with Crippen LogP contribution in [0, 0.1) is 0 Å². The lowest BCUT2D eigenvalue weighted by atomic mass is 9.79. The number of amides is 2. The van der Waals surface area contributed by atoms with Crippen molar-refractivity contribution in [2.24, 2.45) is 0 Å². The molecule has 3 aliphatic rings. The van der Waals surface area contributed by atoms with Crippen molar-refractivity contribution >= 4 is 23.3 Å². The van der Waals surface area contributed by atoms with Gasteiger partial charge in [0.2, 0.25) is 0 Å². The second-order valence-corrected chi connectivity index (χ2v) is 11.2. The number of urea groups is 1. The fraction of sp³-hybridized carbons (Fsp3) is 0.630. The van der Waals surface area contributed by atoms with E-state index in [9.17, 15) is 9.59 Å². The van der Waals surface area contributed by atoms with Gasteiger partial charge in [-0.1, -0.05) is 26.2 Å². The van der Waals surface area contributed by atoms with Crippen LogP contribution >= 0.6 is 11.3 Å². The van der Waals surface area contributed by atoms with Crippen molar-refractivity contribution in [3.05, 3.63) is 40.0 Å². The van der Waals surface area contributed by atoms with Gasteiger partial charge in [-0.2, -0.15) is 0 Å². The molecule has 2 aromatic rings. The second-order valence-electron chi connectivity index (χ2n) is 10.1. The van der Waals surface area contributed by atoms with Crippen LogP contribution in [0.1, 0.15) is 99.4 Å². The fourth-order valence-electron chi connectivity index (χ4n) is 6.27. The lowest BCUT2D eigenvalue weighted by molar-refractivity contribution is -0.145. The molecule has 6 nitrogen and oxygen atoms in total. The molecule has 3 heterocycles. The summed E-state index contributed by atoms with van der Waals surface area (Å²) >= 11 is 1.92. The number of nitrogens with one attached hydrogen (secondary N) is 1. The summed E-state index contributed by atoms with van der Waals surface area (Å²) in [4.78, 5) is 30.0. The maximum atomic E-state index is 14.0. The van der Waals surface area contributed by atoms with Crippen LogP contribution in [0.25, 0.3) is 5.00 Å². The standard InChI is InChI=1S/C27H37N3O3S/c1-3-21-22-12-10-16-29(22)25-20(19-11-6-7-13-23(19)34-25)18-30(21)26(32)28-27(14-8-5-9-15-27)17-24(31)33-4-2/h10,12,16,21H,3-9,11,13-15,17-18H2,1-2H3,(H,28,32)/t21-/m1/s1. The quantitative estimate of drug-likeness (QED) is 0.527. The minimum absolute atomic E-state index is 0.00271. The van der Waals surface area contributed by atoms with Crippen molar-refractivity contribution in [1.82, 2.24) is 14.8 Å². The predicted molar refractivity (Wildman–Crippen MR) is 134 cm³/mol. The highest BCUT2D eigenvalue weighted by Crippen LogP contribution is 2.43. The number of aromatic nitrogens is 1. The summed E-state index contributed by atoms with van der Waals surface area (Å²) < 4.78 is 7.62. The SMILES string of the molecule is CCOC(=O)CC1(NC(=O)N2Cc3c(sc4c3CCCC4)-n3cccc3[C@H]2CC)CCCCC1. The third kappa shape index (κ3) is 4.28. The maximum absolute atomic E-state index is 14.0. The smallest absolute Gasteiger partial charge is 0.318 e. The molecule has 0 unspecified atom stereocenters. The summed E-state index contributed by atoms with van der Waals surface area (Å²) in [6, 6.07) is 4.22. The highest BCUT2D eigenvalue weighted by atomic mass is 32.1. The molecule has 2 aromatic heterocycles. The van der Waals surface area contributed by atoms with E-state index in [2.05, 4.69) is 35.1 Å². The molecule has 0 radical (unpaired) electrons. The average molecular weight is 484 g/mol. The lowest BCUT2D eigenvalue weighted by Gasteiger charge is -2.40. The summed E-state index contributed by atoms with van der Waals surface area (Å²) in [5.41, 5.74) is 3.47. The molecule has 0 saturated heterocycles. The van der Waals surface area contributed by atoms with Gasteiger partial charge in [-0.15, -0.1) is 11.3 Å². The van der Waals surface area contributed by atoms with E-state index in [1.54, 1.807) is 0 Å². The Morgan fingerprint density at radius 3 is 2.68 bits per heavy atom. The molecule has 2 aliphatic carbocycles. The predicted octanol–water partition coefficient (Wildman–Crippen LogP) is 6.05. The number of nitrogens with zero attached hydrogens (tertiary/aromatic N) is 2. The second kappa shape index (κ2) is 9.76. The zero-order valence-corrected chi connectivity index (χ0v) is 21.3. The number of fused-ring (bicyclic) bond motifs is 5. The number of hydrogen-bond acceptors (Lipinski definition) is 4. The Morgan fingerprint density at radius 1 is 1.12 bits per heavy atom. The van der Waals surface area contributed by atoms with E-state index in [0.717, 1.165) is 51.4 Å². The molecule has 1 fully saturated rings. The molecular weight excluding hydrogens is 446 g/mol. The molecular formula is C27H37N3O3S. The van der Waals surface area contributed by atoms with E-state index in [-0.39, 0.29) is 24.5 Å². The molecule has 2 amide bonds. The Labute approximate surface area is 206 Å². The Hall–Kier alpha value is -2.28. The first kappa shape index (κ1) is 23.5. The number of hydrogen-bond donors (Lipinski definition) is 1. The van der Waals surface area contributed by atoms with Crippen molar-refractivity contribution in [1.29, 1.82) is 0 Å². The topological polar surface area (TPSA) is 63.6 Å². The third-order valence-electron chi connectivity index (χ3n) is 7.92. The molecule has 0 bridgehead atoms. The molecule has 0 spiro atoms. The van der Waals surface area contributed by atoms with Crippen molar-refractivity contribution in [2.45, 2.75) is 103 Å². The van der Waals surface area contributed by atoms with Crippen LogP contribution in [-0.4, -0.2) is 33.6 Å². The van der Waals surface area contributed by atoms with Gasteiger partial charge in [0.05, 0.1) is 31.2 Å². The number of ether oxygens (including phenoxy) is 1. The van der Waals surface area contributed by atoms with Gasteiger partial charge in [0.1, 0.15) is 5.00 Å². The minimum Gasteiger partial charge on any atom is -0.466 e. The van der Waals surface area contributed by atoms with Gasteiger partial charge in [0.25, 0.3) is 0 Å². The molecule has 1 atom stereocenters. The van der Waals surface area contributed by atoms with E-state index in [0.29, 0.717) is 13.2 Å². The molecule has 1 saturated carbocycles. The third-order valence-corrected chi connectivity index (χ3v) is 9.26. The van der Waals surface area contributed by atoms with E-state index in [1.165, 1.54) is 39.5 Å². The van der Waals surface area contributed by atoms with E-state index in [1.807, 2.05) is 23.2 Å². The molecule has 1 aliphatic heterocycles. The molecule has 0 aromatic carbocycles. The van der Waals surface area contributed by atoms with E-state index in [4.69, 9.17) is 4.74 Å². The number of rotatable bonds is 5. The summed E-state index contributed by atoms with van der Waals surface area (Å²) in [5.74, 6) is -0.212. The molecule has 7 heteroatoms. The number of esters is 1. The summed E-state index contributed by atoms with van der Waals surface area (Å²) in [6.07, 6.45) is 12.9. The van der Waals surface area contributed by atoms with Gasteiger partial charge in [0.15, 0.2) is 0 Å². The Morgan fingerprint density at radius 2 is 1.91 bits per heavy atom. The first-order chi connectivity index (χ1) is 16.5. The fourth-order valence-corrected chi connectivity index (χ4v) is 7.67. The number of thiophene rings is 1. The minimum atomic E-state index is -0.509. The normalized spacial score (nSPS) is 21.1. The van der Waals surface area contributed by atoms with Gasteiger partial charge in [0, 0.05) is 22.3 Å². The zero-order chi connectivity index (χ0) is 23.7. The maximum Gasteiger partial charge on any atom is 0.318 e. The summed E-state index contributed by atoms with van der Waals surface area (Å²) in [7, 11) is 0. The highest BCUT2D eigenvalue weighted by Gasteiger charge is 2.40. The van der Waals surface area contributed by atoms with Crippen LogP contribution in [0.4, 0.5) is 4.79 Å². The van der Waals surface area contributed by atoms with Crippen LogP contribution in [0.15, 0.2) is 18.3 Å². The van der Waals surface area contributed by atoms with Crippen LogP contribution in [-0.2, 0) is 28.9 Å². The first-order valence-electron chi connectivity index (χ1n) is 13.1. The molecule has 5 rings (SSSR count). The Balaban J connectivity index is 1.49. The van der Waals surface area contributed by atoms with Crippen molar-refractivity contribution in [2.75, 3.05) is 6.61 Å². The number of carbonyl (C=O) groups is 2. The van der Waals surface area contributed by atoms with Gasteiger partial charge in [-0.05, 0) is 69.6 Å². The molecule has 34 heavy (non-hydrogen) atoms. The van der Waals surface area contributed by atoms with Crippen molar-refractivity contribution in [3.63, 3.8) is 0 Å². The van der Waals surface area contributed by atoms with Gasteiger partial charge >= 0.3 is 12.0 Å². The lowest BCUT2D eigenvalue weighted by Crippen LogP contribution is -2.55. The summed E-state index contributed by atoms with van der Waals surface area (Å²) in [5, 5.41) is 4.68. The van der Waals surface area contributed by atoms with E-state index >= 15 is 0 Å². The average Bonchev–Trinajstić information content (AvgIpc) is 3.41. The van der Waals surface area contributed by atoms with Gasteiger partial charge in [-0.25, -0.2) is 4.79 Å². The van der Waals surface area contributed by atoms with Crippen LogP contribution in [0.3, 0.4) is 0 Å². The molecule has 1 N–H and O–H groups in total. The van der Waals surface area contributed by atoms with Crippen LogP contribution in [0.2, 0.25) is 0 Å². The largest absolute Gasteiger partial charge is 0.466 e. The Bertz CT molecular complexity index is 1050. The monoisotopic (exact) mass is 483 g/mol. The summed E-state index contributed by atoms with van der Waals surface area (Å²) in [6.45, 7) is 4.99. The van der Waals surface area contributed by atoms with Gasteiger partial charge in [-0.3, -0.25) is 4.79 Å². The van der Waals surface area contributed by atoms with Crippen LogP contribution < -0.4 is 5.32 Å². The number of aryl methyl sites for hydroxylation is 1. The van der Waals surface area contributed by atoms with Gasteiger partial charge < -0.3 is 19.5 Å².